The maximum Gasteiger partial charge on any atom is 0.310 e. The van der Waals surface area contributed by atoms with Crippen LogP contribution in [0.2, 0.25) is 0 Å². The molecule has 0 fully saturated rings. The third-order valence-electron chi connectivity index (χ3n) is 1.33. The summed E-state index contributed by atoms with van der Waals surface area (Å²) in [4.78, 5) is 20.9. The van der Waals surface area contributed by atoms with Gasteiger partial charge in [-0.3, -0.25) is 9.59 Å². The molecule has 0 saturated heterocycles. The monoisotopic (exact) mass is 190 g/mol. The Bertz CT molecular complexity index is 166. The highest BCUT2D eigenvalue weighted by Gasteiger charge is 2.06. The van der Waals surface area contributed by atoms with Crippen molar-refractivity contribution in [1.82, 2.24) is 0 Å². The summed E-state index contributed by atoms with van der Waals surface area (Å²) in [6.07, 6.45) is 0.309. The van der Waals surface area contributed by atoms with E-state index in [1.165, 1.54) is 0 Å². The number of hydrogen-bond acceptors (Lipinski definition) is 4. The molecule has 0 atom stereocenters. The van der Waals surface area contributed by atoms with Crippen molar-refractivity contribution in [3.05, 3.63) is 0 Å². The number of carbonyl (C=O) groups excluding carboxylic acids is 1. The number of carbonyl (C=O) groups is 2. The number of rotatable bonds is 8. The Labute approximate surface area is 76.3 Å². The van der Waals surface area contributed by atoms with Crippen LogP contribution in [0, 0.1) is 0 Å². The molecule has 0 aliphatic rings. The van der Waals surface area contributed by atoms with Gasteiger partial charge in [0.1, 0.15) is 12.2 Å². The first-order chi connectivity index (χ1) is 6.16. The van der Waals surface area contributed by atoms with E-state index in [4.69, 9.17) is 14.9 Å². The average molecular weight is 190 g/mol. The molecule has 0 aliphatic heterocycles. The molecule has 5 heteroatoms. The minimum Gasteiger partial charge on any atom is -0.481 e. The standard InChI is InChI=1S/C8H14O5/c9-3-5-13-4-1-2-7(10)6-8(11)12/h9H,1-6H2,(H,11,12). The molecule has 0 aromatic carbocycles. The van der Waals surface area contributed by atoms with Crippen LogP contribution in [0.25, 0.3) is 0 Å². The van der Waals surface area contributed by atoms with Crippen molar-refractivity contribution in [3.8, 4) is 0 Å². The van der Waals surface area contributed by atoms with Crippen LogP contribution in [0.3, 0.4) is 0 Å². The van der Waals surface area contributed by atoms with Crippen molar-refractivity contribution >= 4 is 11.8 Å². The molecule has 0 saturated carbocycles. The Balaban J connectivity index is 3.22. The fourth-order valence-electron chi connectivity index (χ4n) is 0.795. The Morgan fingerprint density at radius 2 is 1.92 bits per heavy atom. The van der Waals surface area contributed by atoms with Gasteiger partial charge >= 0.3 is 5.97 Å². The Kier molecular flexibility index (Phi) is 7.14. The molecule has 0 aliphatic carbocycles. The average Bonchev–Trinajstić information content (AvgIpc) is 2.02. The van der Waals surface area contributed by atoms with E-state index in [2.05, 4.69) is 0 Å². The Morgan fingerprint density at radius 1 is 1.23 bits per heavy atom. The van der Waals surface area contributed by atoms with Crippen molar-refractivity contribution in [1.29, 1.82) is 0 Å². The van der Waals surface area contributed by atoms with Crippen LogP contribution in [0.15, 0.2) is 0 Å². The van der Waals surface area contributed by atoms with Crippen LogP contribution in [0.4, 0.5) is 0 Å². The quantitative estimate of drug-likeness (QED) is 0.409. The van der Waals surface area contributed by atoms with Gasteiger partial charge in [-0.05, 0) is 6.42 Å². The van der Waals surface area contributed by atoms with Gasteiger partial charge in [0.15, 0.2) is 0 Å². The third kappa shape index (κ3) is 8.97. The van der Waals surface area contributed by atoms with E-state index in [0.717, 1.165) is 0 Å². The SMILES string of the molecule is O=C(O)CC(=O)CCCOCCO. The topological polar surface area (TPSA) is 83.8 Å². The number of ketones is 1. The highest BCUT2D eigenvalue weighted by Crippen LogP contribution is 1.95. The zero-order chi connectivity index (χ0) is 10.1. The molecule has 0 unspecified atom stereocenters. The number of aliphatic hydroxyl groups excluding tert-OH is 1. The largest absolute Gasteiger partial charge is 0.481 e. The zero-order valence-electron chi connectivity index (χ0n) is 7.36. The predicted octanol–water partition coefficient (Wildman–Crippen LogP) is -0.181. The highest BCUT2D eigenvalue weighted by molar-refractivity contribution is 5.94. The van der Waals surface area contributed by atoms with E-state index in [9.17, 15) is 9.59 Å². The summed E-state index contributed by atoms with van der Waals surface area (Å²) in [6, 6.07) is 0. The second-order valence-corrected chi connectivity index (χ2v) is 2.55. The second kappa shape index (κ2) is 7.70. The Morgan fingerprint density at radius 3 is 2.46 bits per heavy atom. The molecular weight excluding hydrogens is 176 g/mol. The van der Waals surface area contributed by atoms with Crippen molar-refractivity contribution in [3.63, 3.8) is 0 Å². The number of Topliss-reactive ketones (excluding diaryl/α,β-unsaturated/α-hetero) is 1. The minimum absolute atomic E-state index is 0.0386. The summed E-state index contributed by atoms with van der Waals surface area (Å²) in [6.45, 7) is 0.599. The van der Waals surface area contributed by atoms with E-state index in [1.54, 1.807) is 0 Å². The number of ether oxygens (including phenoxy) is 1. The first-order valence-corrected chi connectivity index (χ1v) is 4.09. The van der Waals surface area contributed by atoms with Crippen LogP contribution in [-0.2, 0) is 14.3 Å². The van der Waals surface area contributed by atoms with Crippen molar-refractivity contribution in [2.75, 3.05) is 19.8 Å². The second-order valence-electron chi connectivity index (χ2n) is 2.55. The molecule has 5 nitrogen and oxygen atoms in total. The molecule has 0 bridgehead atoms. The van der Waals surface area contributed by atoms with Crippen molar-refractivity contribution in [2.24, 2.45) is 0 Å². The fourth-order valence-corrected chi connectivity index (χ4v) is 0.795. The Hall–Kier alpha value is -0.940. The van der Waals surface area contributed by atoms with Crippen LogP contribution in [-0.4, -0.2) is 41.8 Å². The van der Waals surface area contributed by atoms with Crippen molar-refractivity contribution < 1.29 is 24.5 Å². The number of aliphatic carboxylic acids is 1. The van der Waals surface area contributed by atoms with E-state index in [-0.39, 0.29) is 25.4 Å². The van der Waals surface area contributed by atoms with Gasteiger partial charge in [0.2, 0.25) is 0 Å². The lowest BCUT2D eigenvalue weighted by Gasteiger charge is -2.00. The minimum atomic E-state index is -1.10. The molecule has 0 heterocycles. The van der Waals surface area contributed by atoms with Gasteiger partial charge in [-0.25, -0.2) is 0 Å². The molecule has 0 rings (SSSR count). The molecule has 13 heavy (non-hydrogen) atoms. The van der Waals surface area contributed by atoms with Crippen LogP contribution < -0.4 is 0 Å². The fraction of sp³-hybridized carbons (Fsp3) is 0.750. The number of carboxylic acid groups (broad SMARTS) is 1. The van der Waals surface area contributed by atoms with Gasteiger partial charge in [0, 0.05) is 13.0 Å². The first-order valence-electron chi connectivity index (χ1n) is 4.09. The van der Waals surface area contributed by atoms with Gasteiger partial charge in [-0.2, -0.15) is 0 Å². The summed E-state index contributed by atoms with van der Waals surface area (Å²) in [5.74, 6) is -1.39. The van der Waals surface area contributed by atoms with E-state index in [0.29, 0.717) is 13.0 Å². The van der Waals surface area contributed by atoms with Crippen LogP contribution >= 0.6 is 0 Å². The zero-order valence-corrected chi connectivity index (χ0v) is 7.36. The van der Waals surface area contributed by atoms with Crippen molar-refractivity contribution in [2.45, 2.75) is 19.3 Å². The number of hydrogen-bond donors (Lipinski definition) is 2. The number of aliphatic hydroxyl groups is 1. The maximum absolute atomic E-state index is 10.8. The van der Waals surface area contributed by atoms with Gasteiger partial charge in [0.05, 0.1) is 13.2 Å². The summed E-state index contributed by atoms with van der Waals surface area (Å²) < 4.78 is 4.89. The van der Waals surface area contributed by atoms with Crippen LogP contribution in [0.1, 0.15) is 19.3 Å². The predicted molar refractivity (Wildman–Crippen MR) is 44.4 cm³/mol. The molecule has 0 amide bonds. The summed E-state index contributed by atoms with van der Waals surface area (Å²) >= 11 is 0. The van der Waals surface area contributed by atoms with Gasteiger partial charge in [-0.15, -0.1) is 0 Å². The molecule has 0 spiro atoms. The lowest BCUT2D eigenvalue weighted by atomic mass is 10.2. The molecule has 76 valence electrons. The summed E-state index contributed by atoms with van der Waals surface area (Å²) in [7, 11) is 0. The van der Waals surface area contributed by atoms with E-state index >= 15 is 0 Å². The van der Waals surface area contributed by atoms with Gasteiger partial charge in [0.25, 0.3) is 0 Å². The number of carboxylic acids is 1. The molecule has 0 aromatic rings. The van der Waals surface area contributed by atoms with Crippen LogP contribution in [0.5, 0.6) is 0 Å². The summed E-state index contributed by atoms with van der Waals surface area (Å²) in [5.41, 5.74) is 0. The molecule has 0 radical (unpaired) electrons. The third-order valence-corrected chi connectivity index (χ3v) is 1.33. The summed E-state index contributed by atoms with van der Waals surface area (Å²) in [5, 5.41) is 16.6. The lowest BCUT2D eigenvalue weighted by Crippen LogP contribution is -2.08. The highest BCUT2D eigenvalue weighted by atomic mass is 16.5. The van der Waals surface area contributed by atoms with E-state index in [1.807, 2.05) is 0 Å². The lowest BCUT2D eigenvalue weighted by molar-refractivity contribution is -0.140. The maximum atomic E-state index is 10.8. The molecular formula is C8H14O5. The van der Waals surface area contributed by atoms with Gasteiger partial charge < -0.3 is 14.9 Å². The molecule has 2 N–H and O–H groups in total. The molecule has 0 aromatic heterocycles. The first kappa shape index (κ1) is 12.1. The smallest absolute Gasteiger partial charge is 0.310 e. The van der Waals surface area contributed by atoms with Gasteiger partial charge in [-0.1, -0.05) is 0 Å². The van der Waals surface area contributed by atoms with E-state index < -0.39 is 12.4 Å². The normalized spacial score (nSPS) is 9.92.